The van der Waals surface area contributed by atoms with Crippen molar-refractivity contribution < 1.29 is 9.47 Å². The number of hydrogen-bond acceptors (Lipinski definition) is 4. The maximum atomic E-state index is 5.61. The fraction of sp³-hybridized carbons (Fsp3) is 1.00. The molecule has 0 aliphatic carbocycles. The van der Waals surface area contributed by atoms with Gasteiger partial charge in [-0.1, -0.05) is 0 Å². The highest BCUT2D eigenvalue weighted by Gasteiger charge is 2.11. The fourth-order valence-corrected chi connectivity index (χ4v) is 1.44. The minimum atomic E-state index is 0.187. The van der Waals surface area contributed by atoms with E-state index in [-0.39, 0.29) is 6.10 Å². The maximum absolute atomic E-state index is 5.61. The molecule has 4 nitrogen and oxygen atoms in total. The molecule has 0 saturated heterocycles. The molecule has 4 heteroatoms. The monoisotopic (exact) mass is 218 g/mol. The summed E-state index contributed by atoms with van der Waals surface area (Å²) in [6.07, 6.45) is 1.17. The van der Waals surface area contributed by atoms with E-state index in [2.05, 4.69) is 18.9 Å². The van der Waals surface area contributed by atoms with Gasteiger partial charge in [-0.05, 0) is 27.3 Å². The molecule has 0 radical (unpaired) electrons. The fourth-order valence-electron chi connectivity index (χ4n) is 1.44. The van der Waals surface area contributed by atoms with E-state index in [1.165, 1.54) is 0 Å². The number of likely N-dealkylation sites (N-methyl/N-ethyl adjacent to an activating group) is 1. The van der Waals surface area contributed by atoms with Gasteiger partial charge in [-0.2, -0.15) is 0 Å². The summed E-state index contributed by atoms with van der Waals surface area (Å²) in [5.41, 5.74) is 5.61. The van der Waals surface area contributed by atoms with Crippen LogP contribution in [0.4, 0.5) is 0 Å². The Hall–Kier alpha value is -0.160. The zero-order valence-corrected chi connectivity index (χ0v) is 10.5. The average molecular weight is 218 g/mol. The molecule has 0 saturated carbocycles. The molecule has 0 aliphatic heterocycles. The first kappa shape index (κ1) is 14.8. The van der Waals surface area contributed by atoms with Crippen LogP contribution in [0.1, 0.15) is 20.3 Å². The van der Waals surface area contributed by atoms with Crippen LogP contribution in [-0.2, 0) is 9.47 Å². The smallest absolute Gasteiger partial charge is 0.0709 e. The van der Waals surface area contributed by atoms with E-state index in [1.54, 1.807) is 7.11 Å². The second kappa shape index (κ2) is 9.09. The number of ether oxygens (including phenoxy) is 2. The van der Waals surface area contributed by atoms with E-state index >= 15 is 0 Å². The summed E-state index contributed by atoms with van der Waals surface area (Å²) in [7, 11) is 3.83. The van der Waals surface area contributed by atoms with Crippen molar-refractivity contribution in [3.05, 3.63) is 0 Å². The van der Waals surface area contributed by atoms with Crippen molar-refractivity contribution in [2.24, 2.45) is 5.73 Å². The van der Waals surface area contributed by atoms with Crippen LogP contribution < -0.4 is 5.73 Å². The quantitative estimate of drug-likeness (QED) is 0.619. The lowest BCUT2D eigenvalue weighted by Gasteiger charge is -2.25. The molecular formula is C11H26N2O2. The van der Waals surface area contributed by atoms with Crippen molar-refractivity contribution in [1.29, 1.82) is 0 Å². The van der Waals surface area contributed by atoms with Gasteiger partial charge in [0.1, 0.15) is 0 Å². The van der Waals surface area contributed by atoms with Crippen molar-refractivity contribution in [1.82, 2.24) is 4.90 Å². The van der Waals surface area contributed by atoms with E-state index in [1.807, 2.05) is 6.92 Å². The van der Waals surface area contributed by atoms with Crippen molar-refractivity contribution in [2.75, 3.05) is 40.5 Å². The summed E-state index contributed by atoms with van der Waals surface area (Å²) in [6.45, 7) is 7.24. The summed E-state index contributed by atoms with van der Waals surface area (Å²) in [6, 6.07) is 0.440. The predicted molar refractivity (Wildman–Crippen MR) is 63.1 cm³/mol. The first-order chi connectivity index (χ1) is 7.15. The molecule has 2 unspecified atom stereocenters. The lowest BCUT2D eigenvalue weighted by atomic mass is 10.2. The third-order valence-corrected chi connectivity index (χ3v) is 2.63. The summed E-state index contributed by atoms with van der Waals surface area (Å²) >= 11 is 0. The average Bonchev–Trinajstić information content (AvgIpc) is 2.24. The Morgan fingerprint density at radius 1 is 1.40 bits per heavy atom. The maximum Gasteiger partial charge on any atom is 0.0709 e. The van der Waals surface area contributed by atoms with E-state index in [9.17, 15) is 0 Å². The van der Waals surface area contributed by atoms with Crippen LogP contribution in [0.25, 0.3) is 0 Å². The van der Waals surface area contributed by atoms with Crippen LogP contribution in [0.15, 0.2) is 0 Å². The van der Waals surface area contributed by atoms with Crippen molar-refractivity contribution in [3.8, 4) is 0 Å². The number of hydrogen-bond donors (Lipinski definition) is 1. The molecule has 0 aromatic heterocycles. The lowest BCUT2D eigenvalue weighted by Crippen LogP contribution is -2.36. The topological polar surface area (TPSA) is 47.7 Å². The Morgan fingerprint density at radius 2 is 2.07 bits per heavy atom. The molecule has 0 aromatic rings. The van der Waals surface area contributed by atoms with Gasteiger partial charge in [0.15, 0.2) is 0 Å². The molecular weight excluding hydrogens is 192 g/mol. The summed E-state index contributed by atoms with van der Waals surface area (Å²) in [5.74, 6) is 0. The summed E-state index contributed by atoms with van der Waals surface area (Å²) in [5, 5.41) is 0. The number of methoxy groups -OCH3 is 1. The molecule has 0 fully saturated rings. The molecule has 0 rings (SSSR count). The van der Waals surface area contributed by atoms with Crippen LogP contribution in [-0.4, -0.2) is 57.5 Å². The lowest BCUT2D eigenvalue weighted by molar-refractivity contribution is 0.0475. The third kappa shape index (κ3) is 6.84. The van der Waals surface area contributed by atoms with Gasteiger partial charge in [-0.15, -0.1) is 0 Å². The highest BCUT2D eigenvalue weighted by atomic mass is 16.5. The first-order valence-corrected chi connectivity index (χ1v) is 5.66. The second-order valence-electron chi connectivity index (χ2n) is 3.89. The van der Waals surface area contributed by atoms with Gasteiger partial charge in [-0.3, -0.25) is 0 Å². The number of nitrogens with zero attached hydrogens (tertiary/aromatic N) is 1. The van der Waals surface area contributed by atoms with Crippen LogP contribution in [0.5, 0.6) is 0 Å². The normalized spacial score (nSPS) is 15.6. The van der Waals surface area contributed by atoms with E-state index < -0.39 is 0 Å². The van der Waals surface area contributed by atoms with Crippen LogP contribution in [0, 0.1) is 0 Å². The van der Waals surface area contributed by atoms with Gasteiger partial charge >= 0.3 is 0 Å². The SMILES string of the molecule is CCOC(CN)CCN(C)C(C)COC. The standard InChI is InChI=1S/C11H26N2O2/c1-5-15-11(8-12)6-7-13(3)10(2)9-14-4/h10-11H,5-9,12H2,1-4H3. The van der Waals surface area contributed by atoms with Gasteiger partial charge in [0.05, 0.1) is 12.7 Å². The molecule has 0 bridgehead atoms. The highest BCUT2D eigenvalue weighted by Crippen LogP contribution is 2.02. The minimum Gasteiger partial charge on any atom is -0.383 e. The summed E-state index contributed by atoms with van der Waals surface area (Å²) in [4.78, 5) is 2.27. The Bertz CT molecular complexity index is 145. The summed E-state index contributed by atoms with van der Waals surface area (Å²) < 4.78 is 10.6. The van der Waals surface area contributed by atoms with Gasteiger partial charge in [-0.25, -0.2) is 0 Å². The molecule has 0 heterocycles. The zero-order valence-electron chi connectivity index (χ0n) is 10.5. The molecule has 92 valence electrons. The Kier molecular flexibility index (Phi) is 9.00. The Labute approximate surface area is 93.7 Å². The second-order valence-corrected chi connectivity index (χ2v) is 3.89. The minimum absolute atomic E-state index is 0.187. The van der Waals surface area contributed by atoms with Crippen LogP contribution in [0.3, 0.4) is 0 Å². The van der Waals surface area contributed by atoms with Crippen molar-refractivity contribution >= 4 is 0 Å². The van der Waals surface area contributed by atoms with Gasteiger partial charge in [0, 0.05) is 32.8 Å². The van der Waals surface area contributed by atoms with Gasteiger partial charge < -0.3 is 20.1 Å². The van der Waals surface area contributed by atoms with E-state index in [0.29, 0.717) is 12.6 Å². The van der Waals surface area contributed by atoms with Crippen molar-refractivity contribution in [3.63, 3.8) is 0 Å². The Morgan fingerprint density at radius 3 is 2.53 bits per heavy atom. The molecule has 15 heavy (non-hydrogen) atoms. The highest BCUT2D eigenvalue weighted by molar-refractivity contribution is 4.66. The molecule has 0 aromatic carbocycles. The first-order valence-electron chi connectivity index (χ1n) is 5.66. The molecule has 2 atom stereocenters. The third-order valence-electron chi connectivity index (χ3n) is 2.63. The number of nitrogens with two attached hydrogens (primary N) is 1. The zero-order chi connectivity index (χ0) is 11.7. The van der Waals surface area contributed by atoms with Crippen molar-refractivity contribution in [2.45, 2.75) is 32.4 Å². The van der Waals surface area contributed by atoms with Crippen LogP contribution >= 0.6 is 0 Å². The molecule has 0 aliphatic rings. The van der Waals surface area contributed by atoms with E-state index in [4.69, 9.17) is 15.2 Å². The molecule has 0 spiro atoms. The van der Waals surface area contributed by atoms with Crippen LogP contribution in [0.2, 0.25) is 0 Å². The van der Waals surface area contributed by atoms with E-state index in [0.717, 1.165) is 26.2 Å². The molecule has 2 N–H and O–H groups in total. The molecule has 0 amide bonds. The number of rotatable bonds is 9. The van der Waals surface area contributed by atoms with Gasteiger partial charge in [0.25, 0.3) is 0 Å². The largest absolute Gasteiger partial charge is 0.383 e. The van der Waals surface area contributed by atoms with Gasteiger partial charge in [0.2, 0.25) is 0 Å². The predicted octanol–water partition coefficient (Wildman–Crippen LogP) is 0.707. The Balaban J connectivity index is 3.71.